The zero-order valence-electron chi connectivity index (χ0n) is 9.20. The molecule has 0 radical (unpaired) electrons. The normalized spacial score (nSPS) is 14.9. The molecule has 0 spiro atoms. The molecular formula is C12H18FNO. The second kappa shape index (κ2) is 5.83. The Bertz CT molecular complexity index is 284. The van der Waals surface area contributed by atoms with E-state index in [0.717, 1.165) is 12.0 Å². The van der Waals surface area contributed by atoms with Gasteiger partial charge in [-0.25, -0.2) is 4.39 Å². The summed E-state index contributed by atoms with van der Waals surface area (Å²) in [6.45, 7) is 4.35. The average Bonchev–Trinajstić information content (AvgIpc) is 2.21. The molecule has 0 bridgehead atoms. The van der Waals surface area contributed by atoms with Crippen molar-refractivity contribution in [3.63, 3.8) is 0 Å². The lowest BCUT2D eigenvalue weighted by atomic mass is 10.0. The molecule has 84 valence electrons. The molecule has 2 atom stereocenters. The molecule has 15 heavy (non-hydrogen) atoms. The lowest BCUT2D eigenvalue weighted by Gasteiger charge is -2.18. The summed E-state index contributed by atoms with van der Waals surface area (Å²) in [7, 11) is 0. The van der Waals surface area contributed by atoms with Crippen molar-refractivity contribution in [2.75, 3.05) is 6.54 Å². The fraction of sp³-hybridized carbons (Fsp3) is 0.500. The van der Waals surface area contributed by atoms with Crippen LogP contribution >= 0.6 is 0 Å². The molecule has 0 aliphatic rings. The largest absolute Gasteiger partial charge is 0.392 e. The van der Waals surface area contributed by atoms with Gasteiger partial charge >= 0.3 is 0 Å². The van der Waals surface area contributed by atoms with Gasteiger partial charge in [0.15, 0.2) is 0 Å². The molecule has 0 saturated heterocycles. The van der Waals surface area contributed by atoms with Gasteiger partial charge in [-0.3, -0.25) is 0 Å². The summed E-state index contributed by atoms with van der Waals surface area (Å²) in [5.41, 5.74) is 1.06. The maximum Gasteiger partial charge on any atom is 0.123 e. The molecule has 1 aromatic rings. The van der Waals surface area contributed by atoms with Gasteiger partial charge in [0.25, 0.3) is 0 Å². The van der Waals surface area contributed by atoms with Gasteiger partial charge in [-0.15, -0.1) is 0 Å². The summed E-state index contributed by atoms with van der Waals surface area (Å²) in [6.07, 6.45) is 0.553. The number of hydrogen-bond donors (Lipinski definition) is 2. The highest BCUT2D eigenvalue weighted by Gasteiger charge is 2.09. The van der Waals surface area contributed by atoms with E-state index in [-0.39, 0.29) is 18.0 Å². The van der Waals surface area contributed by atoms with E-state index >= 15 is 0 Å². The summed E-state index contributed by atoms with van der Waals surface area (Å²) in [6, 6.07) is 6.65. The monoisotopic (exact) mass is 211 g/mol. The van der Waals surface area contributed by atoms with E-state index in [1.54, 1.807) is 19.1 Å². The van der Waals surface area contributed by atoms with Crippen LogP contribution in [0, 0.1) is 5.82 Å². The van der Waals surface area contributed by atoms with E-state index in [9.17, 15) is 4.39 Å². The van der Waals surface area contributed by atoms with Gasteiger partial charge in [-0.2, -0.15) is 0 Å². The SMILES string of the molecule is CCC(NCC(C)O)c1ccc(F)cc1. The highest BCUT2D eigenvalue weighted by Crippen LogP contribution is 2.16. The van der Waals surface area contributed by atoms with Gasteiger partial charge in [0.2, 0.25) is 0 Å². The third kappa shape index (κ3) is 3.98. The standard InChI is InChI=1S/C12H18FNO/c1-3-12(14-8-9(2)15)10-4-6-11(13)7-5-10/h4-7,9,12,14-15H,3,8H2,1-2H3. The summed E-state index contributed by atoms with van der Waals surface area (Å²) < 4.78 is 12.7. The molecule has 2 N–H and O–H groups in total. The molecule has 0 fully saturated rings. The van der Waals surface area contributed by atoms with Gasteiger partial charge in [0, 0.05) is 12.6 Å². The van der Waals surface area contributed by atoms with Crippen LogP contribution in [0.2, 0.25) is 0 Å². The highest BCUT2D eigenvalue weighted by atomic mass is 19.1. The summed E-state index contributed by atoms with van der Waals surface area (Å²) >= 11 is 0. The van der Waals surface area contributed by atoms with Gasteiger partial charge in [-0.05, 0) is 31.0 Å². The predicted molar refractivity (Wildman–Crippen MR) is 59.1 cm³/mol. The minimum atomic E-state index is -0.362. The number of rotatable bonds is 5. The average molecular weight is 211 g/mol. The second-order valence-electron chi connectivity index (χ2n) is 3.77. The van der Waals surface area contributed by atoms with Crippen LogP contribution in [0.1, 0.15) is 31.9 Å². The van der Waals surface area contributed by atoms with Crippen LogP contribution in [-0.4, -0.2) is 17.8 Å². The van der Waals surface area contributed by atoms with Crippen molar-refractivity contribution in [1.29, 1.82) is 0 Å². The van der Waals surface area contributed by atoms with E-state index in [1.807, 2.05) is 0 Å². The molecular weight excluding hydrogens is 193 g/mol. The molecule has 2 nitrogen and oxygen atoms in total. The Hall–Kier alpha value is -0.930. The Morgan fingerprint density at radius 3 is 2.40 bits per heavy atom. The molecule has 0 aliphatic heterocycles. The molecule has 0 aliphatic carbocycles. The third-order valence-electron chi connectivity index (χ3n) is 2.34. The highest BCUT2D eigenvalue weighted by molar-refractivity contribution is 5.19. The van der Waals surface area contributed by atoms with E-state index in [2.05, 4.69) is 12.2 Å². The van der Waals surface area contributed by atoms with Crippen molar-refractivity contribution in [2.45, 2.75) is 32.4 Å². The smallest absolute Gasteiger partial charge is 0.123 e. The topological polar surface area (TPSA) is 32.3 Å². The fourth-order valence-electron chi connectivity index (χ4n) is 1.51. The lowest BCUT2D eigenvalue weighted by molar-refractivity contribution is 0.185. The summed E-state index contributed by atoms with van der Waals surface area (Å²) in [4.78, 5) is 0. The van der Waals surface area contributed by atoms with E-state index in [0.29, 0.717) is 6.54 Å². The van der Waals surface area contributed by atoms with Crippen molar-refractivity contribution in [1.82, 2.24) is 5.32 Å². The van der Waals surface area contributed by atoms with E-state index in [4.69, 9.17) is 5.11 Å². The lowest BCUT2D eigenvalue weighted by Crippen LogP contribution is -2.28. The maximum absolute atomic E-state index is 12.7. The quantitative estimate of drug-likeness (QED) is 0.783. The number of halogens is 1. The van der Waals surface area contributed by atoms with Gasteiger partial charge in [-0.1, -0.05) is 19.1 Å². The Kier molecular flexibility index (Phi) is 4.72. The number of nitrogens with one attached hydrogen (secondary N) is 1. The van der Waals surface area contributed by atoms with Crippen molar-refractivity contribution in [3.05, 3.63) is 35.6 Å². The van der Waals surface area contributed by atoms with Crippen molar-refractivity contribution >= 4 is 0 Å². The number of aliphatic hydroxyl groups excluding tert-OH is 1. The van der Waals surface area contributed by atoms with Gasteiger partial charge in [0.1, 0.15) is 5.82 Å². The number of aliphatic hydroxyl groups is 1. The zero-order chi connectivity index (χ0) is 11.3. The van der Waals surface area contributed by atoms with Crippen LogP contribution in [0.3, 0.4) is 0 Å². The minimum absolute atomic E-state index is 0.181. The molecule has 0 saturated carbocycles. The first kappa shape index (κ1) is 12.1. The van der Waals surface area contributed by atoms with Crippen LogP contribution in [0.5, 0.6) is 0 Å². The van der Waals surface area contributed by atoms with Crippen LogP contribution in [0.25, 0.3) is 0 Å². The summed E-state index contributed by atoms with van der Waals surface area (Å²) in [5, 5.41) is 12.4. The molecule has 0 heterocycles. The van der Waals surface area contributed by atoms with Crippen LogP contribution in [0.4, 0.5) is 4.39 Å². The number of hydrogen-bond acceptors (Lipinski definition) is 2. The van der Waals surface area contributed by atoms with E-state index in [1.165, 1.54) is 12.1 Å². The fourth-order valence-corrected chi connectivity index (χ4v) is 1.51. The summed E-state index contributed by atoms with van der Waals surface area (Å²) in [5.74, 6) is -0.218. The zero-order valence-corrected chi connectivity index (χ0v) is 9.20. The molecule has 3 heteroatoms. The van der Waals surface area contributed by atoms with E-state index < -0.39 is 0 Å². The molecule has 2 unspecified atom stereocenters. The Morgan fingerprint density at radius 2 is 1.93 bits per heavy atom. The Balaban J connectivity index is 2.61. The van der Waals surface area contributed by atoms with Crippen LogP contribution in [-0.2, 0) is 0 Å². The first-order valence-electron chi connectivity index (χ1n) is 5.30. The first-order valence-corrected chi connectivity index (χ1v) is 5.30. The number of benzene rings is 1. The van der Waals surface area contributed by atoms with Crippen LogP contribution < -0.4 is 5.32 Å². The predicted octanol–water partition coefficient (Wildman–Crippen LogP) is 2.25. The molecule has 1 rings (SSSR count). The minimum Gasteiger partial charge on any atom is -0.392 e. The molecule has 0 aromatic heterocycles. The van der Waals surface area contributed by atoms with Gasteiger partial charge in [0.05, 0.1) is 6.10 Å². The first-order chi connectivity index (χ1) is 7.13. The van der Waals surface area contributed by atoms with Crippen molar-refractivity contribution in [2.24, 2.45) is 0 Å². The van der Waals surface area contributed by atoms with Crippen molar-refractivity contribution in [3.8, 4) is 0 Å². The molecule has 1 aromatic carbocycles. The third-order valence-corrected chi connectivity index (χ3v) is 2.34. The Morgan fingerprint density at radius 1 is 1.33 bits per heavy atom. The Labute approximate surface area is 90.1 Å². The maximum atomic E-state index is 12.7. The van der Waals surface area contributed by atoms with Crippen LogP contribution in [0.15, 0.2) is 24.3 Å². The molecule has 0 amide bonds. The second-order valence-corrected chi connectivity index (χ2v) is 3.77. The van der Waals surface area contributed by atoms with Crippen molar-refractivity contribution < 1.29 is 9.50 Å². The van der Waals surface area contributed by atoms with Gasteiger partial charge < -0.3 is 10.4 Å².